The predicted octanol–water partition coefficient (Wildman–Crippen LogP) is 3.18. The number of rotatable bonds is 1. The predicted molar refractivity (Wildman–Crippen MR) is 57.5 cm³/mol. The third-order valence-electron chi connectivity index (χ3n) is 1.21. The molecule has 0 aliphatic rings. The van der Waals surface area contributed by atoms with Gasteiger partial charge in [-0.1, -0.05) is 40.2 Å². The van der Waals surface area contributed by atoms with Crippen molar-refractivity contribution in [2.45, 2.75) is 6.92 Å². The SMILES string of the molecule is CC=Cc1cccc(Br)c1.O=CO. The van der Waals surface area contributed by atoms with E-state index in [1.165, 1.54) is 5.56 Å². The summed E-state index contributed by atoms with van der Waals surface area (Å²) in [5, 5.41) is 6.89. The van der Waals surface area contributed by atoms with Crippen molar-refractivity contribution in [3.63, 3.8) is 0 Å². The fraction of sp³-hybridized carbons (Fsp3) is 0.100. The smallest absolute Gasteiger partial charge is 0.290 e. The largest absolute Gasteiger partial charge is 0.483 e. The first-order chi connectivity index (χ1) is 6.24. The summed E-state index contributed by atoms with van der Waals surface area (Å²) in [7, 11) is 0. The first-order valence-corrected chi connectivity index (χ1v) is 4.50. The van der Waals surface area contributed by atoms with E-state index < -0.39 is 0 Å². The summed E-state index contributed by atoms with van der Waals surface area (Å²) in [4.78, 5) is 8.36. The molecule has 70 valence electrons. The summed E-state index contributed by atoms with van der Waals surface area (Å²) in [5.74, 6) is 0. The summed E-state index contributed by atoms with van der Waals surface area (Å²) >= 11 is 3.40. The number of carbonyl (C=O) groups is 1. The lowest BCUT2D eigenvalue weighted by Crippen LogP contribution is -1.69. The van der Waals surface area contributed by atoms with Gasteiger partial charge in [-0.05, 0) is 24.6 Å². The maximum absolute atomic E-state index is 8.36. The van der Waals surface area contributed by atoms with Gasteiger partial charge in [0.25, 0.3) is 6.47 Å². The molecule has 0 saturated heterocycles. The molecule has 0 aliphatic heterocycles. The van der Waals surface area contributed by atoms with Gasteiger partial charge in [0.2, 0.25) is 0 Å². The molecule has 0 radical (unpaired) electrons. The minimum Gasteiger partial charge on any atom is -0.483 e. The van der Waals surface area contributed by atoms with Crippen LogP contribution in [0.15, 0.2) is 34.8 Å². The van der Waals surface area contributed by atoms with Gasteiger partial charge in [0.15, 0.2) is 0 Å². The van der Waals surface area contributed by atoms with Crippen LogP contribution in [0.25, 0.3) is 6.08 Å². The van der Waals surface area contributed by atoms with E-state index in [1.807, 2.05) is 25.1 Å². The van der Waals surface area contributed by atoms with Crippen LogP contribution in [0.2, 0.25) is 0 Å². The van der Waals surface area contributed by atoms with Gasteiger partial charge < -0.3 is 5.11 Å². The van der Waals surface area contributed by atoms with Gasteiger partial charge in [-0.15, -0.1) is 0 Å². The molecule has 2 nitrogen and oxygen atoms in total. The van der Waals surface area contributed by atoms with Crippen LogP contribution in [0.5, 0.6) is 0 Å². The molecule has 0 aliphatic carbocycles. The summed E-state index contributed by atoms with van der Waals surface area (Å²) in [5.41, 5.74) is 1.23. The lowest BCUT2D eigenvalue weighted by atomic mass is 10.2. The highest BCUT2D eigenvalue weighted by Gasteiger charge is 1.85. The van der Waals surface area contributed by atoms with Crippen molar-refractivity contribution in [2.24, 2.45) is 0 Å². The second kappa shape index (κ2) is 7.55. The second-order valence-corrected chi connectivity index (χ2v) is 3.08. The van der Waals surface area contributed by atoms with Crippen LogP contribution in [0.1, 0.15) is 12.5 Å². The Morgan fingerprint density at radius 1 is 1.46 bits per heavy atom. The summed E-state index contributed by atoms with van der Waals surface area (Å²) in [6, 6.07) is 8.21. The fourth-order valence-electron chi connectivity index (χ4n) is 0.803. The van der Waals surface area contributed by atoms with Crippen LogP contribution in [0.3, 0.4) is 0 Å². The zero-order chi connectivity index (χ0) is 10.1. The van der Waals surface area contributed by atoms with Gasteiger partial charge in [-0.3, -0.25) is 4.79 Å². The van der Waals surface area contributed by atoms with E-state index in [4.69, 9.17) is 9.90 Å². The average molecular weight is 243 g/mol. The van der Waals surface area contributed by atoms with Crippen LogP contribution in [-0.4, -0.2) is 11.6 Å². The zero-order valence-corrected chi connectivity index (χ0v) is 8.86. The summed E-state index contributed by atoms with van der Waals surface area (Å²) in [6.45, 7) is 1.76. The standard InChI is InChI=1S/C9H9Br.CH2O2/c1-2-4-8-5-3-6-9(10)7-8;2-1-3/h2-7H,1H3;1H,(H,2,3). The molecular formula is C10H11BrO2. The van der Waals surface area contributed by atoms with Crippen LogP contribution in [0.4, 0.5) is 0 Å². The quantitative estimate of drug-likeness (QED) is 0.769. The Hall–Kier alpha value is -1.09. The Bertz CT molecular complexity index is 282. The third kappa shape index (κ3) is 6.11. The van der Waals surface area contributed by atoms with Crippen LogP contribution in [-0.2, 0) is 4.79 Å². The first kappa shape index (κ1) is 11.9. The molecule has 1 aromatic rings. The molecule has 0 amide bonds. The zero-order valence-electron chi connectivity index (χ0n) is 7.27. The van der Waals surface area contributed by atoms with Gasteiger partial charge in [-0.2, -0.15) is 0 Å². The van der Waals surface area contributed by atoms with Crippen LogP contribution < -0.4 is 0 Å². The first-order valence-electron chi connectivity index (χ1n) is 3.70. The molecule has 0 aromatic heterocycles. The Balaban J connectivity index is 0.000000424. The topological polar surface area (TPSA) is 37.3 Å². The molecule has 1 aromatic carbocycles. The molecule has 0 bridgehead atoms. The highest BCUT2D eigenvalue weighted by molar-refractivity contribution is 9.10. The van der Waals surface area contributed by atoms with Crippen LogP contribution >= 0.6 is 15.9 Å². The van der Waals surface area contributed by atoms with E-state index in [-0.39, 0.29) is 6.47 Å². The lowest BCUT2D eigenvalue weighted by molar-refractivity contribution is -0.122. The Morgan fingerprint density at radius 2 is 2.08 bits per heavy atom. The van der Waals surface area contributed by atoms with E-state index >= 15 is 0 Å². The third-order valence-corrected chi connectivity index (χ3v) is 1.70. The number of hydrogen-bond donors (Lipinski definition) is 1. The molecule has 0 atom stereocenters. The van der Waals surface area contributed by atoms with Crippen molar-refractivity contribution in [2.75, 3.05) is 0 Å². The second-order valence-electron chi connectivity index (χ2n) is 2.16. The molecular weight excluding hydrogens is 232 g/mol. The van der Waals surface area contributed by atoms with E-state index in [2.05, 4.69) is 34.1 Å². The number of carboxylic acid groups (broad SMARTS) is 1. The van der Waals surface area contributed by atoms with E-state index in [1.54, 1.807) is 0 Å². The molecule has 0 heterocycles. The maximum Gasteiger partial charge on any atom is 0.290 e. The molecule has 0 saturated carbocycles. The monoisotopic (exact) mass is 242 g/mol. The molecule has 1 rings (SSSR count). The van der Waals surface area contributed by atoms with Crippen molar-refractivity contribution in [1.82, 2.24) is 0 Å². The van der Waals surface area contributed by atoms with Gasteiger partial charge >= 0.3 is 0 Å². The van der Waals surface area contributed by atoms with E-state index in [0.29, 0.717) is 0 Å². The van der Waals surface area contributed by atoms with Gasteiger partial charge in [0.05, 0.1) is 0 Å². The van der Waals surface area contributed by atoms with Crippen molar-refractivity contribution in [3.05, 3.63) is 40.4 Å². The Labute approximate surface area is 86.0 Å². The Morgan fingerprint density at radius 3 is 2.54 bits per heavy atom. The highest BCUT2D eigenvalue weighted by Crippen LogP contribution is 2.12. The van der Waals surface area contributed by atoms with Gasteiger partial charge in [-0.25, -0.2) is 0 Å². The van der Waals surface area contributed by atoms with Crippen molar-refractivity contribution in [3.8, 4) is 0 Å². The summed E-state index contributed by atoms with van der Waals surface area (Å²) < 4.78 is 1.13. The van der Waals surface area contributed by atoms with Gasteiger partial charge in [0, 0.05) is 4.47 Å². The minimum absolute atomic E-state index is 0.250. The molecule has 3 heteroatoms. The molecule has 1 N–H and O–H groups in total. The molecule has 13 heavy (non-hydrogen) atoms. The molecule has 0 spiro atoms. The molecule has 0 fully saturated rings. The normalized spacial score (nSPS) is 9.08. The van der Waals surface area contributed by atoms with Crippen molar-refractivity contribution >= 4 is 28.5 Å². The van der Waals surface area contributed by atoms with E-state index in [0.717, 1.165) is 4.47 Å². The Kier molecular flexibility index (Phi) is 6.92. The van der Waals surface area contributed by atoms with Crippen molar-refractivity contribution in [1.29, 1.82) is 0 Å². The number of allylic oxidation sites excluding steroid dienone is 1. The van der Waals surface area contributed by atoms with Crippen molar-refractivity contribution < 1.29 is 9.90 Å². The van der Waals surface area contributed by atoms with E-state index in [9.17, 15) is 0 Å². The average Bonchev–Trinajstić information content (AvgIpc) is 2.06. The number of hydrogen-bond acceptors (Lipinski definition) is 1. The maximum atomic E-state index is 8.36. The number of benzene rings is 1. The lowest BCUT2D eigenvalue weighted by Gasteiger charge is -1.91. The van der Waals surface area contributed by atoms with Crippen LogP contribution in [0, 0.1) is 0 Å². The highest BCUT2D eigenvalue weighted by atomic mass is 79.9. The van der Waals surface area contributed by atoms with Gasteiger partial charge in [0.1, 0.15) is 0 Å². The number of halogens is 1. The summed E-state index contributed by atoms with van der Waals surface area (Å²) in [6.07, 6.45) is 4.10. The fourth-order valence-corrected chi connectivity index (χ4v) is 1.22. The molecule has 0 unspecified atom stereocenters. The minimum atomic E-state index is -0.250.